The highest BCUT2D eigenvalue weighted by Crippen LogP contribution is 2.15. The van der Waals surface area contributed by atoms with E-state index in [9.17, 15) is 9.18 Å². The van der Waals surface area contributed by atoms with Gasteiger partial charge in [-0.15, -0.1) is 0 Å². The van der Waals surface area contributed by atoms with Crippen LogP contribution in [0.4, 0.5) is 14.9 Å². The number of hydrogen-bond acceptors (Lipinski definition) is 2. The van der Waals surface area contributed by atoms with E-state index in [1.54, 1.807) is 0 Å². The predicted octanol–water partition coefficient (Wildman–Crippen LogP) is 1.37. The zero-order valence-corrected chi connectivity index (χ0v) is 6.75. The van der Waals surface area contributed by atoms with Crippen molar-refractivity contribution in [1.29, 1.82) is 0 Å². The summed E-state index contributed by atoms with van der Waals surface area (Å²) in [7, 11) is 0. The molecule has 0 radical (unpaired) electrons. The Hall–Kier alpha value is -1.62. The molecule has 0 heterocycles. The monoisotopic (exact) mass is 184 g/mol. The summed E-state index contributed by atoms with van der Waals surface area (Å²) in [5.74, 6) is -0.434. The largest absolute Gasteiger partial charge is 0.465 e. The third-order valence-corrected chi connectivity index (χ3v) is 1.53. The lowest BCUT2D eigenvalue weighted by atomic mass is 10.2. The van der Waals surface area contributed by atoms with E-state index in [2.05, 4.69) is 5.32 Å². The maximum atomic E-state index is 12.6. The Balaban J connectivity index is 2.99. The molecule has 4 N–H and O–H groups in total. The molecule has 0 spiro atoms. The fourth-order valence-electron chi connectivity index (χ4n) is 0.968. The van der Waals surface area contributed by atoms with Gasteiger partial charge in [-0.3, -0.25) is 5.32 Å². The van der Waals surface area contributed by atoms with E-state index < -0.39 is 11.9 Å². The molecule has 0 bridgehead atoms. The normalized spacial score (nSPS) is 9.69. The smallest absolute Gasteiger partial charge is 0.409 e. The summed E-state index contributed by atoms with van der Waals surface area (Å²) in [5, 5.41) is 10.5. The highest BCUT2D eigenvalue weighted by atomic mass is 19.1. The highest BCUT2D eigenvalue weighted by molar-refractivity contribution is 5.83. The summed E-state index contributed by atoms with van der Waals surface area (Å²) in [6.07, 6.45) is -1.19. The van der Waals surface area contributed by atoms with Crippen LogP contribution >= 0.6 is 0 Å². The number of carbonyl (C=O) groups is 1. The van der Waals surface area contributed by atoms with Gasteiger partial charge in [-0.05, 0) is 23.8 Å². The molecule has 0 saturated carbocycles. The fourth-order valence-corrected chi connectivity index (χ4v) is 0.968. The van der Waals surface area contributed by atoms with Crippen LogP contribution in [0.15, 0.2) is 18.2 Å². The third kappa shape index (κ3) is 2.41. The Morgan fingerprint density at radius 2 is 2.31 bits per heavy atom. The van der Waals surface area contributed by atoms with Gasteiger partial charge in [-0.2, -0.15) is 0 Å². The van der Waals surface area contributed by atoms with Crippen LogP contribution in [0.3, 0.4) is 0 Å². The van der Waals surface area contributed by atoms with Gasteiger partial charge in [0.05, 0.1) is 0 Å². The van der Waals surface area contributed by atoms with E-state index in [-0.39, 0.29) is 6.54 Å². The van der Waals surface area contributed by atoms with Crippen molar-refractivity contribution in [2.24, 2.45) is 5.73 Å². The first-order valence-electron chi connectivity index (χ1n) is 3.62. The molecule has 5 heteroatoms. The molecule has 0 aliphatic heterocycles. The number of hydrogen-bond donors (Lipinski definition) is 3. The van der Waals surface area contributed by atoms with Gasteiger partial charge in [0.15, 0.2) is 0 Å². The summed E-state index contributed by atoms with van der Waals surface area (Å²) in [4.78, 5) is 10.3. The van der Waals surface area contributed by atoms with E-state index in [1.807, 2.05) is 0 Å². The Morgan fingerprint density at radius 1 is 1.62 bits per heavy atom. The lowest BCUT2D eigenvalue weighted by Gasteiger charge is -2.06. The van der Waals surface area contributed by atoms with Gasteiger partial charge < -0.3 is 10.8 Å². The van der Waals surface area contributed by atoms with Gasteiger partial charge in [0.25, 0.3) is 0 Å². The Labute approximate surface area is 74.2 Å². The molecular formula is C8H9FN2O2. The molecule has 0 atom stereocenters. The van der Waals surface area contributed by atoms with Crippen molar-refractivity contribution in [2.45, 2.75) is 6.54 Å². The number of amides is 1. The van der Waals surface area contributed by atoms with Gasteiger partial charge in [-0.25, -0.2) is 9.18 Å². The highest BCUT2D eigenvalue weighted by Gasteiger charge is 2.04. The standard InChI is InChI=1S/C8H9FN2O2/c9-6-1-2-7(11-8(12)13)5(3-6)4-10/h1-3,11H,4,10H2,(H,12,13). The average Bonchev–Trinajstić information content (AvgIpc) is 2.07. The van der Waals surface area contributed by atoms with Crippen molar-refractivity contribution in [3.05, 3.63) is 29.6 Å². The second kappa shape index (κ2) is 3.86. The Kier molecular flexibility index (Phi) is 2.81. The number of nitrogens with two attached hydrogens (primary N) is 1. The van der Waals surface area contributed by atoms with Crippen LogP contribution < -0.4 is 11.1 Å². The molecule has 1 aromatic rings. The summed E-state index contributed by atoms with van der Waals surface area (Å²) < 4.78 is 12.6. The van der Waals surface area contributed by atoms with Crippen LogP contribution in [-0.4, -0.2) is 11.2 Å². The quantitative estimate of drug-likeness (QED) is 0.649. The average molecular weight is 184 g/mol. The van der Waals surface area contributed by atoms with Gasteiger partial charge in [0.1, 0.15) is 5.82 Å². The molecule has 4 nitrogen and oxygen atoms in total. The molecule has 13 heavy (non-hydrogen) atoms. The van der Waals surface area contributed by atoms with Crippen LogP contribution in [0.1, 0.15) is 5.56 Å². The zero-order valence-electron chi connectivity index (χ0n) is 6.75. The maximum Gasteiger partial charge on any atom is 0.409 e. The number of nitrogens with one attached hydrogen (secondary N) is 1. The second-order valence-electron chi connectivity index (χ2n) is 2.44. The van der Waals surface area contributed by atoms with Crippen molar-refractivity contribution in [2.75, 3.05) is 5.32 Å². The van der Waals surface area contributed by atoms with Crippen LogP contribution in [0.5, 0.6) is 0 Å². The van der Waals surface area contributed by atoms with Crippen molar-refractivity contribution >= 4 is 11.8 Å². The topological polar surface area (TPSA) is 75.3 Å². The van der Waals surface area contributed by atoms with E-state index in [0.717, 1.165) is 0 Å². The zero-order chi connectivity index (χ0) is 9.84. The molecule has 0 aromatic heterocycles. The molecule has 0 aliphatic carbocycles. The lowest BCUT2D eigenvalue weighted by molar-refractivity contribution is 0.209. The fraction of sp³-hybridized carbons (Fsp3) is 0.125. The van der Waals surface area contributed by atoms with Crippen molar-refractivity contribution in [3.8, 4) is 0 Å². The molecule has 0 aliphatic rings. The number of halogens is 1. The van der Waals surface area contributed by atoms with E-state index in [1.165, 1.54) is 18.2 Å². The maximum absolute atomic E-state index is 12.6. The van der Waals surface area contributed by atoms with E-state index in [0.29, 0.717) is 11.3 Å². The first-order chi connectivity index (χ1) is 6.13. The molecule has 0 saturated heterocycles. The van der Waals surface area contributed by atoms with Gasteiger partial charge >= 0.3 is 6.09 Å². The Bertz CT molecular complexity index is 328. The molecule has 1 amide bonds. The molecule has 1 rings (SSSR count). The van der Waals surface area contributed by atoms with Crippen LogP contribution in [-0.2, 0) is 6.54 Å². The third-order valence-electron chi connectivity index (χ3n) is 1.53. The first kappa shape index (κ1) is 9.47. The number of rotatable bonds is 2. The second-order valence-corrected chi connectivity index (χ2v) is 2.44. The number of anilines is 1. The number of carboxylic acid groups (broad SMARTS) is 1. The summed E-state index contributed by atoms with van der Waals surface area (Å²) in [5.41, 5.74) is 6.04. The summed E-state index contributed by atoms with van der Waals surface area (Å²) in [6.45, 7) is 0.0906. The molecular weight excluding hydrogens is 175 g/mol. The van der Waals surface area contributed by atoms with Gasteiger partial charge in [-0.1, -0.05) is 0 Å². The van der Waals surface area contributed by atoms with Crippen LogP contribution in [0, 0.1) is 5.82 Å². The van der Waals surface area contributed by atoms with E-state index >= 15 is 0 Å². The lowest BCUT2D eigenvalue weighted by Crippen LogP contribution is -2.11. The predicted molar refractivity (Wildman–Crippen MR) is 45.9 cm³/mol. The Morgan fingerprint density at radius 3 is 2.85 bits per heavy atom. The van der Waals surface area contributed by atoms with Crippen molar-refractivity contribution in [1.82, 2.24) is 0 Å². The number of benzene rings is 1. The van der Waals surface area contributed by atoms with Gasteiger partial charge in [0, 0.05) is 12.2 Å². The SMILES string of the molecule is NCc1cc(F)ccc1NC(=O)O. The van der Waals surface area contributed by atoms with Crippen molar-refractivity contribution < 1.29 is 14.3 Å². The van der Waals surface area contributed by atoms with E-state index in [4.69, 9.17) is 10.8 Å². The molecule has 1 aromatic carbocycles. The summed E-state index contributed by atoms with van der Waals surface area (Å²) in [6, 6.07) is 3.71. The minimum Gasteiger partial charge on any atom is -0.465 e. The molecule has 70 valence electrons. The minimum absolute atomic E-state index is 0.0906. The summed E-state index contributed by atoms with van der Waals surface area (Å²) >= 11 is 0. The molecule has 0 unspecified atom stereocenters. The van der Waals surface area contributed by atoms with Gasteiger partial charge in [0.2, 0.25) is 0 Å². The first-order valence-corrected chi connectivity index (χ1v) is 3.62. The van der Waals surface area contributed by atoms with Crippen molar-refractivity contribution in [3.63, 3.8) is 0 Å². The van der Waals surface area contributed by atoms with Crippen LogP contribution in [0.25, 0.3) is 0 Å². The minimum atomic E-state index is -1.19. The van der Waals surface area contributed by atoms with Crippen LogP contribution in [0.2, 0.25) is 0 Å². The molecule has 0 fully saturated rings.